The fraction of sp³-hybridized carbons (Fsp3) is 0.269. The SMILES string of the molecule is C=CCN1CCN(C(=O)c2ccnn2C)CC(Cc2ccc(-c3ccccc3F)cc2)C1=O. The van der Waals surface area contributed by atoms with Crippen LogP contribution in [0.3, 0.4) is 0 Å². The van der Waals surface area contributed by atoms with Gasteiger partial charge < -0.3 is 9.80 Å². The van der Waals surface area contributed by atoms with Gasteiger partial charge in [-0.1, -0.05) is 48.5 Å². The van der Waals surface area contributed by atoms with Crippen LogP contribution in [-0.2, 0) is 18.3 Å². The summed E-state index contributed by atoms with van der Waals surface area (Å²) in [7, 11) is 1.73. The van der Waals surface area contributed by atoms with Crippen molar-refractivity contribution in [3.05, 3.63) is 90.5 Å². The molecule has 3 aromatic rings. The number of aryl methyl sites for hydroxylation is 1. The van der Waals surface area contributed by atoms with Crippen molar-refractivity contribution in [3.8, 4) is 11.1 Å². The summed E-state index contributed by atoms with van der Waals surface area (Å²) in [6, 6.07) is 15.9. The van der Waals surface area contributed by atoms with E-state index in [0.717, 1.165) is 11.1 Å². The first-order chi connectivity index (χ1) is 16.0. The predicted octanol–water partition coefficient (Wildman–Crippen LogP) is 3.56. The van der Waals surface area contributed by atoms with E-state index in [4.69, 9.17) is 0 Å². The minimum Gasteiger partial charge on any atom is -0.337 e. The van der Waals surface area contributed by atoms with Gasteiger partial charge in [0.15, 0.2) is 0 Å². The van der Waals surface area contributed by atoms with Crippen LogP contribution >= 0.6 is 0 Å². The molecule has 170 valence electrons. The van der Waals surface area contributed by atoms with Crippen molar-refractivity contribution in [2.45, 2.75) is 6.42 Å². The first-order valence-electron chi connectivity index (χ1n) is 11.0. The van der Waals surface area contributed by atoms with Crippen molar-refractivity contribution < 1.29 is 14.0 Å². The van der Waals surface area contributed by atoms with Gasteiger partial charge in [-0.05, 0) is 29.7 Å². The molecule has 7 heteroatoms. The molecule has 2 heterocycles. The molecule has 4 rings (SSSR count). The van der Waals surface area contributed by atoms with Crippen LogP contribution in [0.1, 0.15) is 16.1 Å². The van der Waals surface area contributed by atoms with Crippen LogP contribution in [0.4, 0.5) is 4.39 Å². The minimum atomic E-state index is -0.385. The molecule has 0 bridgehead atoms. The number of aromatic nitrogens is 2. The summed E-state index contributed by atoms with van der Waals surface area (Å²) in [6.07, 6.45) is 3.78. The van der Waals surface area contributed by atoms with Gasteiger partial charge in [-0.15, -0.1) is 6.58 Å². The first kappa shape index (κ1) is 22.5. The Hall–Kier alpha value is -3.74. The summed E-state index contributed by atoms with van der Waals surface area (Å²) in [5, 5.41) is 4.09. The third kappa shape index (κ3) is 4.87. The molecule has 2 aromatic carbocycles. The third-order valence-corrected chi connectivity index (χ3v) is 6.04. The molecule has 1 aliphatic heterocycles. The normalized spacial score (nSPS) is 16.5. The molecular weight excluding hydrogens is 419 g/mol. The quantitative estimate of drug-likeness (QED) is 0.544. The zero-order valence-corrected chi connectivity index (χ0v) is 18.7. The lowest BCUT2D eigenvalue weighted by atomic mass is 9.95. The van der Waals surface area contributed by atoms with Crippen LogP contribution in [0, 0.1) is 11.7 Å². The van der Waals surface area contributed by atoms with E-state index in [1.54, 1.807) is 58.1 Å². The van der Waals surface area contributed by atoms with Gasteiger partial charge in [-0.25, -0.2) is 4.39 Å². The summed E-state index contributed by atoms with van der Waals surface area (Å²) in [4.78, 5) is 29.9. The summed E-state index contributed by atoms with van der Waals surface area (Å²) >= 11 is 0. The molecule has 1 unspecified atom stereocenters. The second-order valence-electron chi connectivity index (χ2n) is 8.24. The second-order valence-corrected chi connectivity index (χ2v) is 8.24. The molecule has 1 fully saturated rings. The summed E-state index contributed by atoms with van der Waals surface area (Å²) in [5.74, 6) is -0.783. The number of halogens is 1. The smallest absolute Gasteiger partial charge is 0.272 e. The highest BCUT2D eigenvalue weighted by molar-refractivity contribution is 5.93. The predicted molar refractivity (Wildman–Crippen MR) is 125 cm³/mol. The zero-order valence-electron chi connectivity index (χ0n) is 18.7. The lowest BCUT2D eigenvalue weighted by molar-refractivity contribution is -0.134. The van der Waals surface area contributed by atoms with Gasteiger partial charge in [0.2, 0.25) is 5.91 Å². The first-order valence-corrected chi connectivity index (χ1v) is 11.0. The van der Waals surface area contributed by atoms with Crippen LogP contribution in [-0.4, -0.2) is 57.6 Å². The molecule has 0 radical (unpaired) electrons. The number of carbonyl (C=O) groups is 2. The number of carbonyl (C=O) groups excluding carboxylic acids is 2. The lowest BCUT2D eigenvalue weighted by Gasteiger charge is -2.23. The number of nitrogens with zero attached hydrogens (tertiary/aromatic N) is 4. The van der Waals surface area contributed by atoms with Crippen LogP contribution in [0.2, 0.25) is 0 Å². The maximum absolute atomic E-state index is 14.1. The van der Waals surface area contributed by atoms with Gasteiger partial charge in [0.25, 0.3) is 5.91 Å². The minimum absolute atomic E-state index is 0.00777. The fourth-order valence-corrected chi connectivity index (χ4v) is 4.26. The highest BCUT2D eigenvalue weighted by Crippen LogP contribution is 2.25. The molecule has 2 amide bonds. The monoisotopic (exact) mass is 446 g/mol. The van der Waals surface area contributed by atoms with Crippen LogP contribution in [0.15, 0.2) is 73.4 Å². The molecule has 6 nitrogen and oxygen atoms in total. The van der Waals surface area contributed by atoms with Gasteiger partial charge in [0.05, 0.1) is 5.92 Å². The van der Waals surface area contributed by atoms with Crippen LogP contribution in [0.5, 0.6) is 0 Å². The molecule has 1 aliphatic rings. The average Bonchev–Trinajstić information content (AvgIpc) is 3.19. The third-order valence-electron chi connectivity index (χ3n) is 6.04. The Balaban J connectivity index is 1.56. The Kier molecular flexibility index (Phi) is 6.68. The Bertz CT molecular complexity index is 1160. The van der Waals surface area contributed by atoms with E-state index in [-0.39, 0.29) is 23.5 Å². The van der Waals surface area contributed by atoms with E-state index in [1.165, 1.54) is 6.07 Å². The Morgan fingerprint density at radius 3 is 2.58 bits per heavy atom. The van der Waals surface area contributed by atoms with Gasteiger partial charge in [-0.2, -0.15) is 5.10 Å². The van der Waals surface area contributed by atoms with E-state index in [9.17, 15) is 14.0 Å². The van der Waals surface area contributed by atoms with Gasteiger partial charge in [0, 0.05) is 45.0 Å². The molecule has 1 atom stereocenters. The van der Waals surface area contributed by atoms with Crippen molar-refractivity contribution in [1.82, 2.24) is 19.6 Å². The molecule has 0 saturated carbocycles. The van der Waals surface area contributed by atoms with Crippen molar-refractivity contribution in [2.75, 3.05) is 26.2 Å². The van der Waals surface area contributed by atoms with Gasteiger partial charge in [-0.3, -0.25) is 14.3 Å². The largest absolute Gasteiger partial charge is 0.337 e. The van der Waals surface area contributed by atoms with E-state index in [2.05, 4.69) is 11.7 Å². The number of amides is 2. The molecular formula is C26H27FN4O2. The highest BCUT2D eigenvalue weighted by atomic mass is 19.1. The van der Waals surface area contributed by atoms with Crippen LogP contribution < -0.4 is 0 Å². The van der Waals surface area contributed by atoms with Crippen molar-refractivity contribution in [3.63, 3.8) is 0 Å². The molecule has 0 N–H and O–H groups in total. The summed E-state index contributed by atoms with van der Waals surface area (Å²) < 4.78 is 15.7. The van der Waals surface area contributed by atoms with Crippen molar-refractivity contribution in [2.24, 2.45) is 13.0 Å². The number of hydrogen-bond acceptors (Lipinski definition) is 3. The molecule has 1 aromatic heterocycles. The Labute approximate surface area is 192 Å². The average molecular weight is 447 g/mol. The fourth-order valence-electron chi connectivity index (χ4n) is 4.26. The topological polar surface area (TPSA) is 58.4 Å². The zero-order chi connectivity index (χ0) is 23.4. The second kappa shape index (κ2) is 9.81. The highest BCUT2D eigenvalue weighted by Gasteiger charge is 2.33. The van der Waals surface area contributed by atoms with Gasteiger partial charge in [0.1, 0.15) is 11.5 Å². The molecule has 1 saturated heterocycles. The molecule has 33 heavy (non-hydrogen) atoms. The Morgan fingerprint density at radius 2 is 1.91 bits per heavy atom. The maximum atomic E-state index is 14.1. The summed E-state index contributed by atoms with van der Waals surface area (Å²) in [6.45, 7) is 5.44. The summed E-state index contributed by atoms with van der Waals surface area (Å²) in [5.41, 5.74) is 2.78. The van der Waals surface area contributed by atoms with E-state index in [0.29, 0.717) is 43.9 Å². The Morgan fingerprint density at radius 1 is 1.15 bits per heavy atom. The van der Waals surface area contributed by atoms with Crippen molar-refractivity contribution in [1.29, 1.82) is 0 Å². The maximum Gasteiger partial charge on any atom is 0.272 e. The van der Waals surface area contributed by atoms with Crippen LogP contribution in [0.25, 0.3) is 11.1 Å². The van der Waals surface area contributed by atoms with E-state index >= 15 is 0 Å². The molecule has 0 spiro atoms. The van der Waals surface area contributed by atoms with E-state index < -0.39 is 0 Å². The van der Waals surface area contributed by atoms with Crippen molar-refractivity contribution >= 4 is 11.8 Å². The number of rotatable bonds is 6. The standard InChI is InChI=1S/C26H27FN4O2/c1-3-14-30-15-16-31(26(33)24-12-13-28-29(24)2)18-21(25(30)32)17-19-8-10-20(11-9-19)22-6-4-5-7-23(22)27/h3-13,21H,1,14-18H2,2H3. The lowest BCUT2D eigenvalue weighted by Crippen LogP contribution is -2.38. The van der Waals surface area contributed by atoms with E-state index in [1.807, 2.05) is 24.3 Å². The number of hydrogen-bond donors (Lipinski definition) is 0. The van der Waals surface area contributed by atoms with Gasteiger partial charge >= 0.3 is 0 Å². The number of benzene rings is 2. The molecule has 0 aliphatic carbocycles.